The van der Waals surface area contributed by atoms with Gasteiger partial charge in [0.25, 0.3) is 0 Å². The second-order valence-electron chi connectivity index (χ2n) is 5.65. The normalized spacial score (nSPS) is 19.6. The lowest BCUT2D eigenvalue weighted by Gasteiger charge is -2.39. The molecule has 0 aromatic heterocycles. The van der Waals surface area contributed by atoms with Gasteiger partial charge in [-0.05, 0) is 31.4 Å². The second-order valence-corrected chi connectivity index (χ2v) is 5.65. The fourth-order valence-electron chi connectivity index (χ4n) is 2.85. The molecule has 1 heterocycles. The molecule has 1 aromatic rings. The first-order chi connectivity index (χ1) is 9.73. The monoisotopic (exact) mass is 275 g/mol. The van der Waals surface area contributed by atoms with E-state index in [2.05, 4.69) is 12.2 Å². The summed E-state index contributed by atoms with van der Waals surface area (Å²) in [4.78, 5) is 12.4. The Bertz CT molecular complexity index is 503. The minimum absolute atomic E-state index is 0.140. The molecule has 0 saturated heterocycles. The van der Waals surface area contributed by atoms with Gasteiger partial charge in [-0.15, -0.1) is 0 Å². The van der Waals surface area contributed by atoms with E-state index in [9.17, 15) is 4.79 Å². The third kappa shape index (κ3) is 2.35. The number of rotatable bonds is 3. The van der Waals surface area contributed by atoms with E-state index in [-0.39, 0.29) is 11.3 Å². The molecule has 4 nitrogen and oxygen atoms in total. The lowest BCUT2D eigenvalue weighted by molar-refractivity contribution is -0.130. The van der Waals surface area contributed by atoms with Crippen LogP contribution in [-0.2, 0) is 4.79 Å². The number of benzene rings is 1. The fourth-order valence-corrected chi connectivity index (χ4v) is 2.85. The molecule has 0 spiro atoms. The average Bonchev–Trinajstić information content (AvgIpc) is 2.62. The quantitative estimate of drug-likeness (QED) is 0.920. The van der Waals surface area contributed by atoms with Gasteiger partial charge in [0.2, 0.25) is 5.91 Å². The van der Waals surface area contributed by atoms with E-state index in [1.54, 1.807) is 0 Å². The topological polar surface area (TPSA) is 47.6 Å². The number of ether oxygens (including phenoxy) is 2. The van der Waals surface area contributed by atoms with Crippen molar-refractivity contribution in [2.24, 2.45) is 5.41 Å². The number of amides is 1. The summed E-state index contributed by atoms with van der Waals surface area (Å²) in [5.74, 6) is 1.62. The van der Waals surface area contributed by atoms with Crippen LogP contribution in [0, 0.1) is 5.41 Å². The van der Waals surface area contributed by atoms with Crippen LogP contribution in [0.5, 0.6) is 11.5 Å². The van der Waals surface area contributed by atoms with Crippen LogP contribution in [0.1, 0.15) is 39.0 Å². The molecule has 0 radical (unpaired) electrons. The molecule has 1 amide bonds. The maximum atomic E-state index is 12.4. The van der Waals surface area contributed by atoms with Gasteiger partial charge in [0.15, 0.2) is 11.5 Å². The molecule has 4 heteroatoms. The molecule has 3 rings (SSSR count). The second kappa shape index (κ2) is 5.35. The van der Waals surface area contributed by atoms with Crippen molar-refractivity contribution in [3.63, 3.8) is 0 Å². The lowest BCUT2D eigenvalue weighted by atomic mass is 9.66. The van der Waals surface area contributed by atoms with Crippen molar-refractivity contribution in [3.05, 3.63) is 18.2 Å². The van der Waals surface area contributed by atoms with Gasteiger partial charge >= 0.3 is 0 Å². The molecular weight excluding hydrogens is 254 g/mol. The molecule has 1 aliphatic heterocycles. The minimum Gasteiger partial charge on any atom is -0.490 e. The first-order valence-corrected chi connectivity index (χ1v) is 7.45. The summed E-state index contributed by atoms with van der Waals surface area (Å²) in [6, 6.07) is 5.61. The molecule has 0 bridgehead atoms. The summed E-state index contributed by atoms with van der Waals surface area (Å²) in [6.45, 7) is 3.42. The van der Waals surface area contributed by atoms with Crippen molar-refractivity contribution in [2.45, 2.75) is 39.0 Å². The van der Waals surface area contributed by atoms with Crippen LogP contribution in [0.25, 0.3) is 0 Å². The van der Waals surface area contributed by atoms with Crippen molar-refractivity contribution < 1.29 is 14.3 Å². The molecule has 0 atom stereocenters. The summed E-state index contributed by atoms with van der Waals surface area (Å²) in [5.41, 5.74) is 0.642. The molecule has 2 aliphatic rings. The zero-order valence-electron chi connectivity index (χ0n) is 11.9. The van der Waals surface area contributed by atoms with E-state index in [4.69, 9.17) is 9.47 Å². The highest BCUT2D eigenvalue weighted by molar-refractivity contribution is 5.96. The Labute approximate surface area is 119 Å². The molecule has 0 unspecified atom stereocenters. The van der Waals surface area contributed by atoms with Crippen molar-refractivity contribution in [2.75, 3.05) is 18.5 Å². The molecule has 1 fully saturated rings. The Morgan fingerprint density at radius 3 is 2.60 bits per heavy atom. The third-order valence-electron chi connectivity index (χ3n) is 4.47. The Balaban J connectivity index is 1.74. The molecule has 20 heavy (non-hydrogen) atoms. The third-order valence-corrected chi connectivity index (χ3v) is 4.47. The average molecular weight is 275 g/mol. The number of nitrogens with one attached hydrogen (secondary N) is 1. The van der Waals surface area contributed by atoms with E-state index in [0.29, 0.717) is 13.2 Å². The first-order valence-electron chi connectivity index (χ1n) is 7.45. The number of carbonyl (C=O) groups is 1. The van der Waals surface area contributed by atoms with Crippen LogP contribution in [-0.4, -0.2) is 19.1 Å². The van der Waals surface area contributed by atoms with E-state index in [1.165, 1.54) is 0 Å². The molecule has 1 saturated carbocycles. The van der Waals surface area contributed by atoms with Gasteiger partial charge in [-0.3, -0.25) is 4.79 Å². The van der Waals surface area contributed by atoms with Crippen LogP contribution < -0.4 is 14.8 Å². The van der Waals surface area contributed by atoms with Crippen LogP contribution in [0.2, 0.25) is 0 Å². The summed E-state index contributed by atoms with van der Waals surface area (Å²) in [5, 5.41) is 3.03. The maximum Gasteiger partial charge on any atom is 0.230 e. The SMILES string of the molecule is CCC1(C(=O)Nc2ccc3c(c2)OCCCO3)CCC1. The van der Waals surface area contributed by atoms with Crippen molar-refractivity contribution in [1.82, 2.24) is 0 Å². The number of hydrogen-bond acceptors (Lipinski definition) is 3. The number of hydrogen-bond donors (Lipinski definition) is 1. The number of anilines is 1. The van der Waals surface area contributed by atoms with Gasteiger partial charge in [0, 0.05) is 23.6 Å². The van der Waals surface area contributed by atoms with Crippen LogP contribution >= 0.6 is 0 Å². The Morgan fingerprint density at radius 1 is 1.20 bits per heavy atom. The summed E-state index contributed by atoms with van der Waals surface area (Å²) in [7, 11) is 0. The summed E-state index contributed by atoms with van der Waals surface area (Å²) < 4.78 is 11.2. The fraction of sp³-hybridized carbons (Fsp3) is 0.562. The molecular formula is C16H21NO3. The molecule has 1 aromatic carbocycles. The standard InChI is InChI=1S/C16H21NO3/c1-2-16(7-3-8-16)15(18)17-12-5-6-13-14(11-12)20-10-4-9-19-13/h5-6,11H,2-4,7-10H2,1H3,(H,17,18). The van der Waals surface area contributed by atoms with Gasteiger partial charge in [0.1, 0.15) is 0 Å². The molecule has 108 valence electrons. The van der Waals surface area contributed by atoms with E-state index < -0.39 is 0 Å². The summed E-state index contributed by atoms with van der Waals surface area (Å²) in [6.07, 6.45) is 4.95. The largest absolute Gasteiger partial charge is 0.490 e. The number of fused-ring (bicyclic) bond motifs is 1. The Morgan fingerprint density at radius 2 is 1.95 bits per heavy atom. The number of carbonyl (C=O) groups excluding carboxylic acids is 1. The predicted octanol–water partition coefficient (Wildman–Crippen LogP) is 3.37. The smallest absolute Gasteiger partial charge is 0.230 e. The van der Waals surface area contributed by atoms with Gasteiger partial charge in [-0.2, -0.15) is 0 Å². The van der Waals surface area contributed by atoms with Crippen LogP contribution in [0.4, 0.5) is 5.69 Å². The van der Waals surface area contributed by atoms with Gasteiger partial charge in [0.05, 0.1) is 13.2 Å². The highest BCUT2D eigenvalue weighted by atomic mass is 16.5. The lowest BCUT2D eigenvalue weighted by Crippen LogP contribution is -2.41. The summed E-state index contributed by atoms with van der Waals surface area (Å²) >= 11 is 0. The van der Waals surface area contributed by atoms with Crippen molar-refractivity contribution in [1.29, 1.82) is 0 Å². The highest BCUT2D eigenvalue weighted by Gasteiger charge is 2.42. The van der Waals surface area contributed by atoms with Gasteiger partial charge in [-0.1, -0.05) is 13.3 Å². The predicted molar refractivity (Wildman–Crippen MR) is 77.3 cm³/mol. The maximum absolute atomic E-state index is 12.4. The molecule has 1 N–H and O–H groups in total. The van der Waals surface area contributed by atoms with Gasteiger partial charge < -0.3 is 14.8 Å². The first kappa shape index (κ1) is 13.3. The van der Waals surface area contributed by atoms with Crippen LogP contribution in [0.15, 0.2) is 18.2 Å². The van der Waals surface area contributed by atoms with Gasteiger partial charge in [-0.25, -0.2) is 0 Å². The highest BCUT2D eigenvalue weighted by Crippen LogP contribution is 2.45. The molecule has 1 aliphatic carbocycles. The van der Waals surface area contributed by atoms with Crippen molar-refractivity contribution >= 4 is 11.6 Å². The zero-order chi connectivity index (χ0) is 14.0. The Kier molecular flexibility index (Phi) is 3.55. The van der Waals surface area contributed by atoms with E-state index in [0.717, 1.165) is 49.3 Å². The van der Waals surface area contributed by atoms with E-state index >= 15 is 0 Å². The zero-order valence-corrected chi connectivity index (χ0v) is 11.9. The van der Waals surface area contributed by atoms with Crippen molar-refractivity contribution in [3.8, 4) is 11.5 Å². The van der Waals surface area contributed by atoms with E-state index in [1.807, 2.05) is 18.2 Å². The van der Waals surface area contributed by atoms with Crippen LogP contribution in [0.3, 0.4) is 0 Å². The minimum atomic E-state index is -0.149. The Hall–Kier alpha value is -1.71.